The molecule has 0 saturated carbocycles. The number of carbonyl (C=O) groups excluding carboxylic acids is 1. The number of benzene rings is 2. The fraction of sp³-hybridized carbons (Fsp3) is 0.190. The number of Topliss-reactive ketones (excluding diaryl/α,β-unsaturated/α-hetero) is 1. The van der Waals surface area contributed by atoms with Gasteiger partial charge in [0.25, 0.3) is 0 Å². The van der Waals surface area contributed by atoms with E-state index in [2.05, 4.69) is 15.4 Å². The van der Waals surface area contributed by atoms with Crippen molar-refractivity contribution in [2.45, 2.75) is 24.8 Å². The van der Waals surface area contributed by atoms with E-state index >= 15 is 0 Å². The van der Waals surface area contributed by atoms with Gasteiger partial charge in [0.05, 0.1) is 0 Å². The van der Waals surface area contributed by atoms with Crippen LogP contribution in [-0.4, -0.2) is 25.7 Å². The number of allylic oxidation sites excluding steroid dienone is 2. The number of rotatable bonds is 2. The molecule has 1 aliphatic carbocycles. The molecule has 6 nitrogen and oxygen atoms in total. The van der Waals surface area contributed by atoms with E-state index in [4.69, 9.17) is 11.6 Å². The summed E-state index contributed by atoms with van der Waals surface area (Å²) < 4.78 is 1.71. The highest BCUT2D eigenvalue weighted by Gasteiger charge is 2.40. The fourth-order valence-corrected chi connectivity index (χ4v) is 4.43. The average molecular weight is 393 g/mol. The van der Waals surface area contributed by atoms with Crippen LogP contribution in [0.15, 0.2) is 66.1 Å². The van der Waals surface area contributed by atoms with Gasteiger partial charge in [0.2, 0.25) is 5.95 Å². The van der Waals surface area contributed by atoms with E-state index in [0.717, 1.165) is 16.8 Å². The van der Waals surface area contributed by atoms with Gasteiger partial charge >= 0.3 is 0 Å². The summed E-state index contributed by atoms with van der Waals surface area (Å²) in [4.78, 5) is 17.6. The smallest absolute Gasteiger partial charge is 0.226 e. The van der Waals surface area contributed by atoms with Crippen molar-refractivity contribution in [1.29, 1.82) is 0 Å². The Morgan fingerprint density at radius 2 is 1.82 bits per heavy atom. The number of halogens is 1. The number of nitrogens with one attached hydrogen (secondary N) is 1. The van der Waals surface area contributed by atoms with Crippen LogP contribution in [0.1, 0.15) is 35.9 Å². The number of aromatic nitrogens is 3. The molecule has 2 heterocycles. The van der Waals surface area contributed by atoms with Crippen LogP contribution in [0.25, 0.3) is 0 Å². The first-order chi connectivity index (χ1) is 13.6. The Kier molecular flexibility index (Phi) is 3.94. The summed E-state index contributed by atoms with van der Waals surface area (Å²) in [6.07, 6.45) is 2.39. The standard InChI is InChI=1S/C21H17ClN4O2/c22-15-7-3-1-6-14(15)20-19-16(25-21-23-11-24-26(20)21)9-12(10-18(19)28)13-5-2-4-8-17(13)27/h1-8,11-12,20,27H,9-10H2,(H,23,24,25)/t12-,20+/m1/s1. The lowest BCUT2D eigenvalue weighted by atomic mass is 9.77. The third kappa shape index (κ3) is 2.60. The van der Waals surface area contributed by atoms with Gasteiger partial charge < -0.3 is 10.4 Å². The van der Waals surface area contributed by atoms with Crippen molar-refractivity contribution < 1.29 is 9.90 Å². The van der Waals surface area contributed by atoms with Gasteiger partial charge in [-0.15, -0.1) is 0 Å². The number of fused-ring (bicyclic) bond motifs is 1. The number of aromatic hydroxyl groups is 1. The van der Waals surface area contributed by atoms with Crippen molar-refractivity contribution in [3.05, 3.63) is 82.3 Å². The molecule has 2 aromatic carbocycles. The number of anilines is 1. The van der Waals surface area contributed by atoms with Gasteiger partial charge in [-0.1, -0.05) is 48.0 Å². The molecule has 5 rings (SSSR count). The predicted octanol–water partition coefficient (Wildman–Crippen LogP) is 4.05. The number of ketones is 1. The average Bonchev–Trinajstić information content (AvgIpc) is 3.15. The molecule has 0 bridgehead atoms. The third-order valence-electron chi connectivity index (χ3n) is 5.44. The monoisotopic (exact) mass is 392 g/mol. The van der Waals surface area contributed by atoms with E-state index in [0.29, 0.717) is 29.4 Å². The van der Waals surface area contributed by atoms with Crippen LogP contribution in [0.5, 0.6) is 5.75 Å². The van der Waals surface area contributed by atoms with Gasteiger partial charge in [0.1, 0.15) is 18.1 Å². The molecule has 3 aromatic rings. The van der Waals surface area contributed by atoms with Crippen LogP contribution in [0, 0.1) is 0 Å². The number of hydrogen-bond acceptors (Lipinski definition) is 5. The molecule has 28 heavy (non-hydrogen) atoms. The maximum absolute atomic E-state index is 13.3. The fourth-order valence-electron chi connectivity index (χ4n) is 4.19. The number of hydrogen-bond donors (Lipinski definition) is 2. The molecule has 0 fully saturated rings. The van der Waals surface area contributed by atoms with Crippen LogP contribution in [0.2, 0.25) is 5.02 Å². The molecular weight excluding hydrogens is 376 g/mol. The minimum Gasteiger partial charge on any atom is -0.508 e. The lowest BCUT2D eigenvalue weighted by Gasteiger charge is -2.35. The molecule has 0 unspecified atom stereocenters. The zero-order chi connectivity index (χ0) is 19.3. The van der Waals surface area contributed by atoms with E-state index in [1.807, 2.05) is 36.4 Å². The van der Waals surface area contributed by atoms with Crippen molar-refractivity contribution in [3.8, 4) is 5.75 Å². The molecule has 2 atom stereocenters. The van der Waals surface area contributed by atoms with E-state index < -0.39 is 6.04 Å². The lowest BCUT2D eigenvalue weighted by Crippen LogP contribution is -2.33. The number of phenols is 1. The topological polar surface area (TPSA) is 80.0 Å². The highest BCUT2D eigenvalue weighted by atomic mass is 35.5. The zero-order valence-electron chi connectivity index (χ0n) is 14.8. The van der Waals surface area contributed by atoms with E-state index in [9.17, 15) is 9.90 Å². The van der Waals surface area contributed by atoms with E-state index in [1.54, 1.807) is 16.8 Å². The van der Waals surface area contributed by atoms with Gasteiger partial charge in [-0.3, -0.25) is 4.79 Å². The Balaban J connectivity index is 1.63. The predicted molar refractivity (Wildman–Crippen MR) is 105 cm³/mol. The van der Waals surface area contributed by atoms with E-state index in [1.165, 1.54) is 6.33 Å². The molecule has 1 aliphatic heterocycles. The molecule has 140 valence electrons. The summed E-state index contributed by atoms with van der Waals surface area (Å²) in [5.41, 5.74) is 3.08. The largest absolute Gasteiger partial charge is 0.508 e. The van der Waals surface area contributed by atoms with Crippen LogP contribution in [-0.2, 0) is 4.79 Å². The van der Waals surface area contributed by atoms with Crippen LogP contribution >= 0.6 is 11.6 Å². The number of para-hydroxylation sites is 1. The summed E-state index contributed by atoms with van der Waals surface area (Å²) in [7, 11) is 0. The Hall–Kier alpha value is -3.12. The van der Waals surface area contributed by atoms with Gasteiger partial charge in [-0.05, 0) is 24.1 Å². The van der Waals surface area contributed by atoms with E-state index in [-0.39, 0.29) is 17.5 Å². The second kappa shape index (κ2) is 6.49. The second-order valence-corrected chi connectivity index (χ2v) is 7.46. The number of carbonyl (C=O) groups is 1. The molecule has 0 radical (unpaired) electrons. The highest BCUT2D eigenvalue weighted by molar-refractivity contribution is 6.31. The minimum atomic E-state index is -0.416. The maximum Gasteiger partial charge on any atom is 0.226 e. The van der Waals surface area contributed by atoms with Crippen molar-refractivity contribution in [2.24, 2.45) is 0 Å². The van der Waals surface area contributed by atoms with Crippen LogP contribution < -0.4 is 5.32 Å². The summed E-state index contributed by atoms with van der Waals surface area (Å²) >= 11 is 6.47. The SMILES string of the molecule is O=C1C[C@H](c2ccccc2O)CC2=C1[C@H](c1ccccc1Cl)n1ncnc1N2. The molecule has 0 spiro atoms. The number of phenolic OH excluding ortho intramolecular Hbond substituents is 1. The van der Waals surface area contributed by atoms with Gasteiger partial charge in [-0.25, -0.2) is 4.68 Å². The first kappa shape index (κ1) is 17.0. The molecular formula is C21H17ClN4O2. The molecule has 0 saturated heterocycles. The minimum absolute atomic E-state index is 0.0214. The Morgan fingerprint density at radius 3 is 2.61 bits per heavy atom. The van der Waals surface area contributed by atoms with Gasteiger partial charge in [0.15, 0.2) is 5.78 Å². The lowest BCUT2D eigenvalue weighted by molar-refractivity contribution is -0.116. The van der Waals surface area contributed by atoms with Crippen LogP contribution in [0.4, 0.5) is 5.95 Å². The first-order valence-corrected chi connectivity index (χ1v) is 9.46. The van der Waals surface area contributed by atoms with Crippen molar-refractivity contribution >= 4 is 23.3 Å². The summed E-state index contributed by atoms with van der Waals surface area (Å²) in [5.74, 6) is 0.717. The molecule has 7 heteroatoms. The molecule has 1 aromatic heterocycles. The van der Waals surface area contributed by atoms with Gasteiger partial charge in [-0.2, -0.15) is 10.1 Å². The molecule has 2 aliphatic rings. The Morgan fingerprint density at radius 1 is 1.07 bits per heavy atom. The second-order valence-electron chi connectivity index (χ2n) is 7.06. The Labute approximate surface area is 166 Å². The van der Waals surface area contributed by atoms with Crippen molar-refractivity contribution in [1.82, 2.24) is 14.8 Å². The summed E-state index contributed by atoms with van der Waals surface area (Å²) in [5, 5.41) is 18.4. The quantitative estimate of drug-likeness (QED) is 0.687. The zero-order valence-corrected chi connectivity index (χ0v) is 15.6. The van der Waals surface area contributed by atoms with Crippen molar-refractivity contribution in [3.63, 3.8) is 0 Å². The normalized spacial score (nSPS) is 21.1. The maximum atomic E-state index is 13.3. The summed E-state index contributed by atoms with van der Waals surface area (Å²) in [6.45, 7) is 0. The summed E-state index contributed by atoms with van der Waals surface area (Å²) in [6, 6.07) is 14.3. The highest BCUT2D eigenvalue weighted by Crippen LogP contribution is 2.46. The number of nitrogens with zero attached hydrogens (tertiary/aromatic N) is 3. The molecule has 2 N–H and O–H groups in total. The van der Waals surface area contributed by atoms with Gasteiger partial charge in [0, 0.05) is 34.2 Å². The molecule has 0 amide bonds. The third-order valence-corrected chi connectivity index (χ3v) is 5.78. The van der Waals surface area contributed by atoms with Crippen molar-refractivity contribution in [2.75, 3.05) is 5.32 Å². The first-order valence-electron chi connectivity index (χ1n) is 9.08. The Bertz CT molecular complexity index is 1120. The van der Waals surface area contributed by atoms with Crippen LogP contribution in [0.3, 0.4) is 0 Å².